The van der Waals surface area contributed by atoms with Crippen molar-refractivity contribution in [2.75, 3.05) is 6.26 Å². The van der Waals surface area contributed by atoms with E-state index in [1.165, 1.54) is 36.4 Å². The van der Waals surface area contributed by atoms with Crippen LogP contribution in [0, 0.1) is 5.41 Å². The summed E-state index contributed by atoms with van der Waals surface area (Å²) in [6.45, 7) is 0. The molecule has 2 nitrogen and oxygen atoms in total. The Morgan fingerprint density at radius 2 is 1.10 bits per heavy atom. The molecule has 0 aromatic heterocycles. The van der Waals surface area contributed by atoms with Crippen molar-refractivity contribution in [1.29, 1.82) is 0 Å². The summed E-state index contributed by atoms with van der Waals surface area (Å²) in [5.41, 5.74) is -4.66. The van der Waals surface area contributed by atoms with Crippen LogP contribution in [0.1, 0.15) is 11.1 Å². The van der Waals surface area contributed by atoms with Gasteiger partial charge in [0.05, 0.1) is 4.90 Å². The van der Waals surface area contributed by atoms with Crippen LogP contribution < -0.4 is 0 Å². The highest BCUT2D eigenvalue weighted by molar-refractivity contribution is 7.90. The molecule has 0 unspecified atom stereocenters. The van der Waals surface area contributed by atoms with E-state index in [2.05, 4.69) is 0 Å². The number of sulfone groups is 1. The Morgan fingerprint density at radius 1 is 0.733 bits per heavy atom. The van der Waals surface area contributed by atoms with Crippen LogP contribution in [0.4, 0.5) is 26.3 Å². The predicted molar refractivity (Wildman–Crippen MR) is 102 cm³/mol. The van der Waals surface area contributed by atoms with E-state index < -0.39 is 27.6 Å². The molecule has 0 saturated heterocycles. The summed E-state index contributed by atoms with van der Waals surface area (Å²) >= 11 is 5.78. The summed E-state index contributed by atoms with van der Waals surface area (Å²) in [6.07, 6.45) is -10.1. The van der Waals surface area contributed by atoms with Crippen molar-refractivity contribution in [3.05, 3.63) is 76.8 Å². The summed E-state index contributed by atoms with van der Waals surface area (Å²) in [4.78, 5) is -0.111. The van der Waals surface area contributed by atoms with Crippen LogP contribution in [0.15, 0.2) is 65.6 Å². The van der Waals surface area contributed by atoms with Gasteiger partial charge < -0.3 is 0 Å². The second kappa shape index (κ2) is 7.16. The van der Waals surface area contributed by atoms with Crippen LogP contribution >= 0.6 is 11.6 Å². The van der Waals surface area contributed by atoms with Gasteiger partial charge >= 0.3 is 12.4 Å². The van der Waals surface area contributed by atoms with E-state index in [0.717, 1.165) is 18.4 Å². The standard InChI is InChI=1S/C20H13ClF6O2S/c1-30(28,29)15-8-4-13(5-9-15)17-11-18(19(22,23)24,20(25,26)27)10-16(17)12-2-6-14(21)7-3-12/h2-11H,1H3. The lowest BCUT2D eigenvalue weighted by atomic mass is 9.87. The van der Waals surface area contributed by atoms with Crippen LogP contribution in [-0.2, 0) is 9.84 Å². The summed E-state index contributed by atoms with van der Waals surface area (Å²) in [6, 6.07) is 9.94. The molecule has 30 heavy (non-hydrogen) atoms. The lowest BCUT2D eigenvalue weighted by Crippen LogP contribution is -2.46. The fraction of sp³-hybridized carbons (Fsp3) is 0.200. The largest absolute Gasteiger partial charge is 0.410 e. The second-order valence-electron chi connectivity index (χ2n) is 6.78. The maximum atomic E-state index is 13.7. The minimum Gasteiger partial charge on any atom is -0.224 e. The van der Waals surface area contributed by atoms with Crippen LogP contribution in [0.5, 0.6) is 0 Å². The first-order valence-electron chi connectivity index (χ1n) is 8.32. The molecule has 160 valence electrons. The Bertz CT molecular complexity index is 1110. The van der Waals surface area contributed by atoms with Gasteiger partial charge in [-0.1, -0.05) is 35.9 Å². The Morgan fingerprint density at radius 3 is 1.43 bits per heavy atom. The number of alkyl halides is 6. The van der Waals surface area contributed by atoms with E-state index in [9.17, 15) is 34.8 Å². The van der Waals surface area contributed by atoms with E-state index in [0.29, 0.717) is 0 Å². The third-order valence-electron chi connectivity index (χ3n) is 4.72. The van der Waals surface area contributed by atoms with Crippen molar-refractivity contribution < 1.29 is 34.8 Å². The first kappa shape index (κ1) is 22.4. The van der Waals surface area contributed by atoms with Crippen LogP contribution in [0.25, 0.3) is 11.1 Å². The van der Waals surface area contributed by atoms with Gasteiger partial charge in [0.15, 0.2) is 15.3 Å². The second-order valence-corrected chi connectivity index (χ2v) is 9.24. The zero-order chi connectivity index (χ0) is 22.5. The maximum absolute atomic E-state index is 13.7. The van der Waals surface area contributed by atoms with Gasteiger partial charge in [-0.2, -0.15) is 26.3 Å². The predicted octanol–water partition coefficient (Wildman–Crippen LogP) is 6.34. The van der Waals surface area contributed by atoms with Gasteiger partial charge in [-0.05, 0) is 58.7 Å². The monoisotopic (exact) mass is 466 g/mol. The van der Waals surface area contributed by atoms with Gasteiger partial charge in [0.1, 0.15) is 0 Å². The minimum absolute atomic E-state index is 0.0129. The smallest absolute Gasteiger partial charge is 0.224 e. The summed E-state index contributed by atoms with van der Waals surface area (Å²) in [7, 11) is -3.59. The average Bonchev–Trinajstić information content (AvgIpc) is 3.04. The van der Waals surface area contributed by atoms with Crippen molar-refractivity contribution in [3.8, 4) is 0 Å². The first-order chi connectivity index (χ1) is 13.7. The molecule has 1 aliphatic carbocycles. The van der Waals surface area contributed by atoms with Gasteiger partial charge in [-0.3, -0.25) is 0 Å². The molecule has 1 aliphatic rings. The molecule has 0 bridgehead atoms. The topological polar surface area (TPSA) is 34.1 Å². The fourth-order valence-corrected chi connectivity index (χ4v) is 3.89. The molecule has 0 fully saturated rings. The number of allylic oxidation sites excluding steroid dienone is 4. The van der Waals surface area contributed by atoms with Crippen molar-refractivity contribution in [3.63, 3.8) is 0 Å². The summed E-state index contributed by atoms with van der Waals surface area (Å²) in [5.74, 6) is 0. The average molecular weight is 467 g/mol. The van der Waals surface area contributed by atoms with E-state index in [-0.39, 0.29) is 44.3 Å². The Kier molecular flexibility index (Phi) is 5.35. The van der Waals surface area contributed by atoms with Crippen molar-refractivity contribution in [2.24, 2.45) is 5.41 Å². The first-order valence-corrected chi connectivity index (χ1v) is 10.6. The number of hydrogen-bond donors (Lipinski definition) is 0. The molecule has 0 atom stereocenters. The number of hydrogen-bond acceptors (Lipinski definition) is 2. The summed E-state index contributed by atoms with van der Waals surface area (Å²) < 4.78 is 105. The van der Waals surface area contributed by atoms with Gasteiger partial charge in [-0.25, -0.2) is 8.42 Å². The quantitative estimate of drug-likeness (QED) is 0.495. The van der Waals surface area contributed by atoms with Gasteiger partial charge in [0.2, 0.25) is 0 Å². The molecule has 0 saturated carbocycles. The Balaban J connectivity index is 2.26. The SMILES string of the molecule is CS(=O)(=O)c1ccc(C2=CC(C(F)(F)F)(C(F)(F)F)C=C2c2ccc(Cl)cc2)cc1. The lowest BCUT2D eigenvalue weighted by Gasteiger charge is -2.30. The minimum atomic E-state index is -5.64. The fourth-order valence-electron chi connectivity index (χ4n) is 3.13. The van der Waals surface area contributed by atoms with Gasteiger partial charge in [0.25, 0.3) is 0 Å². The molecule has 2 aromatic carbocycles. The normalized spacial score (nSPS) is 16.9. The number of benzene rings is 2. The molecule has 0 radical (unpaired) electrons. The molecular formula is C20H13ClF6O2S. The highest BCUT2D eigenvalue weighted by Gasteiger charge is 2.70. The van der Waals surface area contributed by atoms with E-state index in [1.807, 2.05) is 0 Å². The third kappa shape index (κ3) is 3.88. The molecule has 3 rings (SSSR count). The van der Waals surface area contributed by atoms with Gasteiger partial charge in [-0.15, -0.1) is 0 Å². The molecular weight excluding hydrogens is 454 g/mol. The van der Waals surface area contributed by atoms with Crippen LogP contribution in [-0.4, -0.2) is 27.0 Å². The van der Waals surface area contributed by atoms with Crippen LogP contribution in [0.2, 0.25) is 5.02 Å². The number of halogens is 7. The zero-order valence-electron chi connectivity index (χ0n) is 15.1. The highest BCUT2D eigenvalue weighted by Crippen LogP contribution is 2.59. The lowest BCUT2D eigenvalue weighted by molar-refractivity contribution is -0.301. The Labute approximate surface area is 173 Å². The maximum Gasteiger partial charge on any atom is 0.410 e. The van der Waals surface area contributed by atoms with Crippen molar-refractivity contribution in [2.45, 2.75) is 17.2 Å². The van der Waals surface area contributed by atoms with E-state index >= 15 is 0 Å². The van der Waals surface area contributed by atoms with Gasteiger partial charge in [0, 0.05) is 11.3 Å². The molecule has 0 spiro atoms. The molecule has 0 amide bonds. The number of rotatable bonds is 3. The molecule has 10 heteroatoms. The van der Waals surface area contributed by atoms with E-state index in [4.69, 9.17) is 11.6 Å². The van der Waals surface area contributed by atoms with Crippen molar-refractivity contribution >= 4 is 32.6 Å². The molecule has 2 aromatic rings. The highest BCUT2D eigenvalue weighted by atomic mass is 35.5. The molecule has 0 aliphatic heterocycles. The van der Waals surface area contributed by atoms with Crippen LogP contribution in [0.3, 0.4) is 0 Å². The zero-order valence-corrected chi connectivity index (χ0v) is 16.7. The summed E-state index contributed by atoms with van der Waals surface area (Å²) in [5, 5.41) is 0.262. The third-order valence-corrected chi connectivity index (χ3v) is 6.10. The Hall–Kier alpha value is -2.26. The van der Waals surface area contributed by atoms with Crippen molar-refractivity contribution in [1.82, 2.24) is 0 Å². The molecule has 0 N–H and O–H groups in total. The van der Waals surface area contributed by atoms with E-state index in [1.54, 1.807) is 0 Å². The molecule has 0 heterocycles.